The maximum Gasteiger partial charge on any atom is 0.411 e. The number of rotatable bonds is 9. The SMILES string of the molecule is CCCCOc1cc(N(CC)CC)ccc1NC(=O)OCC. The van der Waals surface area contributed by atoms with Crippen molar-refractivity contribution in [2.45, 2.75) is 40.5 Å². The fourth-order valence-corrected chi connectivity index (χ4v) is 2.12. The van der Waals surface area contributed by atoms with Crippen molar-refractivity contribution < 1.29 is 14.3 Å². The standard InChI is InChI=1S/C17H28N2O3/c1-5-9-12-22-16-13-14(19(6-2)7-3)10-11-15(16)18-17(20)21-8-4/h10-11,13H,5-9,12H2,1-4H3,(H,18,20). The molecule has 0 aromatic heterocycles. The first-order chi connectivity index (χ1) is 10.7. The number of benzene rings is 1. The van der Waals surface area contributed by atoms with Crippen LogP contribution in [0, 0.1) is 0 Å². The van der Waals surface area contributed by atoms with Crippen molar-refractivity contribution in [1.82, 2.24) is 0 Å². The Morgan fingerprint density at radius 3 is 2.50 bits per heavy atom. The molecule has 1 N–H and O–H groups in total. The summed E-state index contributed by atoms with van der Waals surface area (Å²) in [5.41, 5.74) is 1.73. The van der Waals surface area contributed by atoms with Crippen LogP contribution in [-0.2, 0) is 4.74 Å². The first kappa shape index (κ1) is 18.1. The molecule has 0 aliphatic rings. The maximum atomic E-state index is 11.6. The second-order valence-corrected chi connectivity index (χ2v) is 4.90. The Labute approximate surface area is 133 Å². The molecule has 1 rings (SSSR count). The van der Waals surface area contributed by atoms with Crippen LogP contribution in [0.5, 0.6) is 5.75 Å². The van der Waals surface area contributed by atoms with E-state index in [0.717, 1.165) is 31.6 Å². The second kappa shape index (κ2) is 9.92. The minimum atomic E-state index is -0.460. The number of carbonyl (C=O) groups excluding carboxylic acids is 1. The van der Waals surface area contributed by atoms with Crippen molar-refractivity contribution in [2.24, 2.45) is 0 Å². The summed E-state index contributed by atoms with van der Waals surface area (Å²) in [6.45, 7) is 11.0. The Morgan fingerprint density at radius 1 is 1.18 bits per heavy atom. The van der Waals surface area contributed by atoms with E-state index in [1.54, 1.807) is 6.92 Å². The Bertz CT molecular complexity index is 459. The van der Waals surface area contributed by atoms with Gasteiger partial charge in [0.05, 0.1) is 18.9 Å². The highest BCUT2D eigenvalue weighted by Gasteiger charge is 2.11. The Morgan fingerprint density at radius 2 is 1.91 bits per heavy atom. The van der Waals surface area contributed by atoms with E-state index in [2.05, 4.69) is 31.0 Å². The first-order valence-electron chi connectivity index (χ1n) is 8.11. The van der Waals surface area contributed by atoms with Crippen molar-refractivity contribution in [3.63, 3.8) is 0 Å². The predicted octanol–water partition coefficient (Wildman–Crippen LogP) is 4.28. The molecule has 22 heavy (non-hydrogen) atoms. The first-order valence-corrected chi connectivity index (χ1v) is 8.11. The Balaban J connectivity index is 2.95. The Kier molecular flexibility index (Phi) is 8.18. The molecule has 0 aliphatic heterocycles. The van der Waals surface area contributed by atoms with E-state index in [1.807, 2.05) is 18.2 Å². The molecule has 0 unspecified atom stereocenters. The van der Waals surface area contributed by atoms with Crippen LogP contribution in [0.1, 0.15) is 40.5 Å². The van der Waals surface area contributed by atoms with Gasteiger partial charge in [0.2, 0.25) is 0 Å². The van der Waals surface area contributed by atoms with Crippen LogP contribution in [0.3, 0.4) is 0 Å². The average molecular weight is 308 g/mol. The van der Waals surface area contributed by atoms with Gasteiger partial charge in [-0.1, -0.05) is 13.3 Å². The lowest BCUT2D eigenvalue weighted by Crippen LogP contribution is -2.22. The highest BCUT2D eigenvalue weighted by Crippen LogP contribution is 2.30. The second-order valence-electron chi connectivity index (χ2n) is 4.90. The summed E-state index contributed by atoms with van der Waals surface area (Å²) in [5.74, 6) is 0.686. The highest BCUT2D eigenvalue weighted by atomic mass is 16.5. The molecule has 0 spiro atoms. The van der Waals surface area contributed by atoms with Crippen LogP contribution in [0.2, 0.25) is 0 Å². The number of nitrogens with one attached hydrogen (secondary N) is 1. The number of hydrogen-bond donors (Lipinski definition) is 1. The molecule has 5 nitrogen and oxygen atoms in total. The quantitative estimate of drug-likeness (QED) is 0.692. The molecule has 0 heterocycles. The van der Waals surface area contributed by atoms with Crippen LogP contribution in [-0.4, -0.2) is 32.4 Å². The summed E-state index contributed by atoms with van der Waals surface area (Å²) < 4.78 is 10.8. The molecule has 0 radical (unpaired) electrons. The normalized spacial score (nSPS) is 10.2. The zero-order chi connectivity index (χ0) is 16.4. The van der Waals surface area contributed by atoms with Crippen molar-refractivity contribution in [1.29, 1.82) is 0 Å². The third-order valence-electron chi connectivity index (χ3n) is 3.36. The van der Waals surface area contributed by atoms with Gasteiger partial charge in [-0.15, -0.1) is 0 Å². The molecule has 0 aliphatic carbocycles. The van der Waals surface area contributed by atoms with Crippen LogP contribution in [0.25, 0.3) is 0 Å². The van der Waals surface area contributed by atoms with E-state index in [1.165, 1.54) is 0 Å². The molecule has 0 atom stereocenters. The number of carbonyl (C=O) groups is 1. The number of unbranched alkanes of at least 4 members (excludes halogenated alkanes) is 1. The summed E-state index contributed by atoms with van der Waals surface area (Å²) in [6, 6.07) is 5.83. The third-order valence-corrected chi connectivity index (χ3v) is 3.36. The Hall–Kier alpha value is -1.91. The van der Waals surface area contributed by atoms with Crippen LogP contribution in [0.15, 0.2) is 18.2 Å². The molecule has 0 fully saturated rings. The summed E-state index contributed by atoms with van der Waals surface area (Å²) in [4.78, 5) is 13.9. The minimum Gasteiger partial charge on any atom is -0.491 e. The molecular weight excluding hydrogens is 280 g/mol. The molecular formula is C17H28N2O3. The van der Waals surface area contributed by atoms with Gasteiger partial charge in [-0.3, -0.25) is 5.32 Å². The number of anilines is 2. The smallest absolute Gasteiger partial charge is 0.411 e. The zero-order valence-corrected chi connectivity index (χ0v) is 14.1. The van der Waals surface area contributed by atoms with Gasteiger partial charge in [0.15, 0.2) is 0 Å². The fraction of sp³-hybridized carbons (Fsp3) is 0.588. The van der Waals surface area contributed by atoms with Crippen molar-refractivity contribution in [2.75, 3.05) is 36.5 Å². The van der Waals surface area contributed by atoms with Gasteiger partial charge in [0.1, 0.15) is 5.75 Å². The van der Waals surface area contributed by atoms with E-state index >= 15 is 0 Å². The van der Waals surface area contributed by atoms with Gasteiger partial charge in [0, 0.05) is 24.8 Å². The lowest BCUT2D eigenvalue weighted by molar-refractivity contribution is 0.167. The van der Waals surface area contributed by atoms with Crippen molar-refractivity contribution in [3.05, 3.63) is 18.2 Å². The predicted molar refractivity (Wildman–Crippen MR) is 91.1 cm³/mol. The minimum absolute atomic E-state index is 0.343. The van der Waals surface area contributed by atoms with E-state index < -0.39 is 6.09 Å². The fourth-order valence-electron chi connectivity index (χ4n) is 2.12. The molecule has 1 aromatic carbocycles. The van der Waals surface area contributed by atoms with Crippen LogP contribution in [0.4, 0.5) is 16.2 Å². The number of hydrogen-bond acceptors (Lipinski definition) is 4. The molecule has 0 saturated heterocycles. The number of amides is 1. The van der Waals surface area contributed by atoms with E-state index in [-0.39, 0.29) is 0 Å². The van der Waals surface area contributed by atoms with E-state index in [0.29, 0.717) is 24.7 Å². The van der Waals surface area contributed by atoms with Gasteiger partial charge in [-0.05, 0) is 39.3 Å². The van der Waals surface area contributed by atoms with Crippen molar-refractivity contribution in [3.8, 4) is 5.75 Å². The topological polar surface area (TPSA) is 50.8 Å². The molecule has 0 saturated carbocycles. The lowest BCUT2D eigenvalue weighted by atomic mass is 10.2. The maximum absolute atomic E-state index is 11.6. The van der Waals surface area contributed by atoms with Gasteiger partial charge >= 0.3 is 6.09 Å². The third kappa shape index (κ3) is 5.47. The monoisotopic (exact) mass is 308 g/mol. The van der Waals surface area contributed by atoms with Crippen LogP contribution < -0.4 is 15.0 Å². The number of ether oxygens (including phenoxy) is 2. The lowest BCUT2D eigenvalue weighted by Gasteiger charge is -2.23. The average Bonchev–Trinajstić information content (AvgIpc) is 2.51. The summed E-state index contributed by atoms with van der Waals surface area (Å²) in [5, 5.41) is 2.74. The van der Waals surface area contributed by atoms with Gasteiger partial charge in [-0.2, -0.15) is 0 Å². The summed E-state index contributed by atoms with van der Waals surface area (Å²) >= 11 is 0. The van der Waals surface area contributed by atoms with Gasteiger partial charge in [0.25, 0.3) is 0 Å². The summed E-state index contributed by atoms with van der Waals surface area (Å²) in [6.07, 6.45) is 1.59. The molecule has 1 aromatic rings. The molecule has 0 bridgehead atoms. The molecule has 1 amide bonds. The molecule has 5 heteroatoms. The largest absolute Gasteiger partial charge is 0.491 e. The van der Waals surface area contributed by atoms with Crippen molar-refractivity contribution >= 4 is 17.5 Å². The zero-order valence-electron chi connectivity index (χ0n) is 14.1. The summed E-state index contributed by atoms with van der Waals surface area (Å²) in [7, 11) is 0. The van der Waals surface area contributed by atoms with E-state index in [4.69, 9.17) is 9.47 Å². The van der Waals surface area contributed by atoms with Gasteiger partial charge in [-0.25, -0.2) is 4.79 Å². The molecule has 124 valence electrons. The highest BCUT2D eigenvalue weighted by molar-refractivity contribution is 5.87. The van der Waals surface area contributed by atoms with E-state index in [9.17, 15) is 4.79 Å². The van der Waals surface area contributed by atoms with Gasteiger partial charge < -0.3 is 14.4 Å². The van der Waals surface area contributed by atoms with Crippen LogP contribution >= 0.6 is 0 Å². The number of nitrogens with zero attached hydrogens (tertiary/aromatic N) is 1.